The number of carboxylic acids is 1. The summed E-state index contributed by atoms with van der Waals surface area (Å²) in [5.41, 5.74) is 0.849. The van der Waals surface area contributed by atoms with Crippen molar-refractivity contribution in [3.8, 4) is 0 Å². The standard InChI is InChI=1S/C16H18N4O3S.C6H12O2/c21-16-15-12(5-8-18-15)13-9-11(1-2-14(13)19-16)24(22,23)20-10-3-6-17-7-4-10;1-2-3-4-5-6(7)8/h1-2,5,8-10,17-18,20H,3-4,6-7H2,(H,19,21);2-5H2,1H3,(H,7,8). The fraction of sp³-hybridized carbons (Fsp3) is 0.455. The SMILES string of the molecule is CCCCCC(=O)O.O=c1[nH]c2ccc(S(=O)(=O)NC3CCNCC3)cc2c2cc[nH]c12. The Morgan fingerprint density at radius 2 is 1.91 bits per heavy atom. The third-order valence-electron chi connectivity index (χ3n) is 5.47. The summed E-state index contributed by atoms with van der Waals surface area (Å²) in [6.45, 7) is 3.69. The van der Waals surface area contributed by atoms with Crippen LogP contribution in [0, 0.1) is 0 Å². The molecule has 0 aliphatic carbocycles. The van der Waals surface area contributed by atoms with Gasteiger partial charge in [0, 0.05) is 34.9 Å². The first kappa shape index (κ1) is 24.0. The Hall–Kier alpha value is -2.69. The van der Waals surface area contributed by atoms with Crippen molar-refractivity contribution in [3.63, 3.8) is 0 Å². The second-order valence-electron chi connectivity index (χ2n) is 7.92. The molecule has 0 bridgehead atoms. The van der Waals surface area contributed by atoms with Crippen LogP contribution in [0.1, 0.15) is 45.4 Å². The van der Waals surface area contributed by atoms with Gasteiger partial charge >= 0.3 is 5.97 Å². The monoisotopic (exact) mass is 462 g/mol. The summed E-state index contributed by atoms with van der Waals surface area (Å²) in [6, 6.07) is 6.52. The van der Waals surface area contributed by atoms with Crippen molar-refractivity contribution < 1.29 is 18.3 Å². The molecule has 3 aromatic rings. The fourth-order valence-electron chi connectivity index (χ4n) is 3.74. The van der Waals surface area contributed by atoms with E-state index in [0.717, 1.165) is 45.2 Å². The normalized spacial score (nSPS) is 14.9. The molecule has 1 aromatic carbocycles. The summed E-state index contributed by atoms with van der Waals surface area (Å²) in [4.78, 5) is 27.7. The number of aromatic amines is 2. The minimum atomic E-state index is -3.59. The molecular weight excluding hydrogens is 432 g/mol. The highest BCUT2D eigenvalue weighted by Crippen LogP contribution is 2.24. The first-order valence-corrected chi connectivity index (χ1v) is 12.4. The minimum absolute atomic E-state index is 0.0465. The van der Waals surface area contributed by atoms with E-state index < -0.39 is 16.0 Å². The van der Waals surface area contributed by atoms with Gasteiger partial charge in [-0.25, -0.2) is 13.1 Å². The number of nitrogens with one attached hydrogen (secondary N) is 4. The van der Waals surface area contributed by atoms with Crippen LogP contribution in [0.25, 0.3) is 21.8 Å². The molecule has 1 aliphatic heterocycles. The second kappa shape index (κ2) is 10.8. The van der Waals surface area contributed by atoms with Crippen molar-refractivity contribution in [1.29, 1.82) is 0 Å². The molecule has 10 heteroatoms. The van der Waals surface area contributed by atoms with Gasteiger partial charge in [0.2, 0.25) is 10.0 Å². The maximum atomic E-state index is 12.7. The summed E-state index contributed by atoms with van der Waals surface area (Å²) in [7, 11) is -3.59. The van der Waals surface area contributed by atoms with Gasteiger partial charge in [0.1, 0.15) is 5.52 Å². The van der Waals surface area contributed by atoms with Crippen LogP contribution in [0.2, 0.25) is 0 Å². The largest absolute Gasteiger partial charge is 0.481 e. The van der Waals surface area contributed by atoms with Crippen LogP contribution in [-0.2, 0) is 14.8 Å². The molecule has 0 amide bonds. The third kappa shape index (κ3) is 5.96. The van der Waals surface area contributed by atoms with Crippen LogP contribution < -0.4 is 15.6 Å². The lowest BCUT2D eigenvalue weighted by atomic mass is 10.1. The number of pyridine rings is 1. The van der Waals surface area contributed by atoms with Crippen molar-refractivity contribution in [2.24, 2.45) is 0 Å². The zero-order valence-electron chi connectivity index (χ0n) is 18.1. The molecule has 0 atom stereocenters. The van der Waals surface area contributed by atoms with E-state index in [0.29, 0.717) is 28.2 Å². The molecular formula is C22H30N4O5S. The van der Waals surface area contributed by atoms with Gasteiger partial charge in [0.05, 0.1) is 4.90 Å². The van der Waals surface area contributed by atoms with Gasteiger partial charge in [-0.15, -0.1) is 0 Å². The zero-order chi connectivity index (χ0) is 23.1. The van der Waals surface area contributed by atoms with Crippen LogP contribution in [0.5, 0.6) is 0 Å². The summed E-state index contributed by atoms with van der Waals surface area (Å²) in [6.07, 6.45) is 6.51. The zero-order valence-corrected chi connectivity index (χ0v) is 18.9. The molecule has 0 saturated carbocycles. The van der Waals surface area contributed by atoms with E-state index in [1.807, 2.05) is 0 Å². The Kier molecular flexibility index (Phi) is 8.05. The van der Waals surface area contributed by atoms with E-state index >= 15 is 0 Å². The Morgan fingerprint density at radius 3 is 2.59 bits per heavy atom. The van der Waals surface area contributed by atoms with Crippen molar-refractivity contribution in [3.05, 3.63) is 40.8 Å². The number of benzene rings is 1. The lowest BCUT2D eigenvalue weighted by Gasteiger charge is -2.23. The van der Waals surface area contributed by atoms with Crippen LogP contribution in [0.15, 0.2) is 40.2 Å². The van der Waals surface area contributed by atoms with Crippen molar-refractivity contribution >= 4 is 37.8 Å². The maximum Gasteiger partial charge on any atom is 0.303 e. The van der Waals surface area contributed by atoms with Crippen LogP contribution in [-0.4, -0.2) is 48.6 Å². The highest BCUT2D eigenvalue weighted by molar-refractivity contribution is 7.89. The van der Waals surface area contributed by atoms with Crippen molar-refractivity contribution in [2.45, 2.75) is 56.4 Å². The fourth-order valence-corrected chi connectivity index (χ4v) is 5.07. The highest BCUT2D eigenvalue weighted by atomic mass is 32.2. The topological polar surface area (TPSA) is 144 Å². The van der Waals surface area contributed by atoms with Crippen LogP contribution in [0.4, 0.5) is 0 Å². The lowest BCUT2D eigenvalue weighted by molar-refractivity contribution is -0.137. The van der Waals surface area contributed by atoms with Gasteiger partial charge in [-0.05, 0) is 56.6 Å². The second-order valence-corrected chi connectivity index (χ2v) is 9.64. The molecule has 174 valence electrons. The molecule has 0 radical (unpaired) electrons. The van der Waals surface area contributed by atoms with E-state index in [4.69, 9.17) is 5.11 Å². The Bertz CT molecular complexity index is 1230. The van der Waals surface area contributed by atoms with Gasteiger partial charge in [-0.3, -0.25) is 9.59 Å². The quantitative estimate of drug-likeness (QED) is 0.342. The van der Waals surface area contributed by atoms with Crippen molar-refractivity contribution in [2.75, 3.05) is 13.1 Å². The van der Waals surface area contributed by atoms with E-state index in [2.05, 4.69) is 26.9 Å². The molecule has 0 unspecified atom stereocenters. The number of carbonyl (C=O) groups is 1. The van der Waals surface area contributed by atoms with E-state index in [1.54, 1.807) is 24.4 Å². The molecule has 2 aromatic heterocycles. The lowest BCUT2D eigenvalue weighted by Crippen LogP contribution is -2.42. The van der Waals surface area contributed by atoms with Gasteiger partial charge < -0.3 is 20.4 Å². The van der Waals surface area contributed by atoms with Crippen LogP contribution >= 0.6 is 0 Å². The molecule has 0 spiro atoms. The summed E-state index contributed by atoms with van der Waals surface area (Å²) >= 11 is 0. The summed E-state index contributed by atoms with van der Waals surface area (Å²) < 4.78 is 28.1. The van der Waals surface area contributed by atoms with Gasteiger partial charge in [0.25, 0.3) is 5.56 Å². The number of hydrogen-bond acceptors (Lipinski definition) is 5. The Balaban J connectivity index is 0.000000312. The average molecular weight is 463 g/mol. The van der Waals surface area contributed by atoms with Gasteiger partial charge in [0.15, 0.2) is 0 Å². The maximum absolute atomic E-state index is 12.7. The third-order valence-corrected chi connectivity index (χ3v) is 6.99. The number of rotatable bonds is 7. The number of carboxylic acid groups (broad SMARTS) is 1. The average Bonchev–Trinajstić information content (AvgIpc) is 3.25. The number of sulfonamides is 1. The molecule has 1 aliphatic rings. The molecule has 5 N–H and O–H groups in total. The van der Waals surface area contributed by atoms with Crippen LogP contribution in [0.3, 0.4) is 0 Å². The number of unbranched alkanes of at least 4 members (excludes halogenated alkanes) is 2. The predicted molar refractivity (Wildman–Crippen MR) is 124 cm³/mol. The highest BCUT2D eigenvalue weighted by Gasteiger charge is 2.22. The van der Waals surface area contributed by atoms with E-state index in [-0.39, 0.29) is 16.5 Å². The number of hydrogen-bond donors (Lipinski definition) is 5. The molecule has 1 saturated heterocycles. The number of aliphatic carboxylic acids is 1. The molecule has 9 nitrogen and oxygen atoms in total. The Morgan fingerprint density at radius 1 is 1.16 bits per heavy atom. The summed E-state index contributed by atoms with van der Waals surface area (Å²) in [5.74, 6) is -0.682. The number of aromatic nitrogens is 2. The molecule has 1 fully saturated rings. The first-order chi connectivity index (χ1) is 15.3. The number of fused-ring (bicyclic) bond motifs is 3. The number of piperidine rings is 1. The van der Waals surface area contributed by atoms with Gasteiger partial charge in [-0.1, -0.05) is 19.8 Å². The van der Waals surface area contributed by atoms with E-state index in [9.17, 15) is 18.0 Å². The Labute approximate surface area is 186 Å². The number of H-pyrrole nitrogens is 2. The minimum Gasteiger partial charge on any atom is -0.481 e. The molecule has 4 rings (SSSR count). The van der Waals surface area contributed by atoms with E-state index in [1.165, 1.54) is 6.07 Å². The summed E-state index contributed by atoms with van der Waals surface area (Å²) in [5, 5.41) is 12.8. The predicted octanol–water partition coefficient (Wildman–Crippen LogP) is 2.69. The molecule has 32 heavy (non-hydrogen) atoms. The smallest absolute Gasteiger partial charge is 0.303 e. The first-order valence-electron chi connectivity index (χ1n) is 10.9. The van der Waals surface area contributed by atoms with Crippen molar-refractivity contribution in [1.82, 2.24) is 20.0 Å². The molecule has 3 heterocycles. The van der Waals surface area contributed by atoms with Gasteiger partial charge in [-0.2, -0.15) is 0 Å².